The predicted octanol–water partition coefficient (Wildman–Crippen LogP) is 7.38. The first kappa shape index (κ1) is 19.9. The zero-order valence-corrected chi connectivity index (χ0v) is 18.1. The van der Waals surface area contributed by atoms with Gasteiger partial charge in [0.1, 0.15) is 5.75 Å². The molecule has 1 heteroatoms. The van der Waals surface area contributed by atoms with E-state index >= 15 is 0 Å². The summed E-state index contributed by atoms with van der Waals surface area (Å²) >= 11 is 0. The van der Waals surface area contributed by atoms with E-state index in [1.54, 1.807) is 0 Å². The van der Waals surface area contributed by atoms with Crippen molar-refractivity contribution in [1.29, 1.82) is 0 Å². The Hall–Kier alpha value is -1.42. The van der Waals surface area contributed by atoms with Gasteiger partial charge in [-0.15, -0.1) is 0 Å². The molecule has 0 aliphatic heterocycles. The summed E-state index contributed by atoms with van der Waals surface area (Å²) in [6.07, 6.45) is 16.8. The molecule has 4 aliphatic carbocycles. The number of hydrogen-bond donors (Lipinski definition) is 0. The summed E-state index contributed by atoms with van der Waals surface area (Å²) in [4.78, 5) is 0. The van der Waals surface area contributed by atoms with Gasteiger partial charge in [-0.05, 0) is 99.3 Å². The minimum atomic E-state index is 0.305. The van der Waals surface area contributed by atoms with Crippen LogP contribution in [0.5, 0.6) is 5.75 Å². The van der Waals surface area contributed by atoms with Crippen molar-refractivity contribution in [2.75, 3.05) is 6.61 Å². The zero-order valence-electron chi connectivity index (χ0n) is 18.1. The van der Waals surface area contributed by atoms with E-state index in [1.807, 2.05) is 0 Å². The van der Waals surface area contributed by atoms with Gasteiger partial charge in [0, 0.05) is 11.0 Å². The molecular weight excluding hydrogens is 340 g/mol. The summed E-state index contributed by atoms with van der Waals surface area (Å²) in [5, 5.41) is 0. The highest BCUT2D eigenvalue weighted by Gasteiger charge is 2.51. The van der Waals surface area contributed by atoms with Crippen LogP contribution in [0.15, 0.2) is 24.3 Å². The molecule has 0 heterocycles. The molecule has 0 saturated heterocycles. The van der Waals surface area contributed by atoms with Gasteiger partial charge in [0.05, 0.1) is 6.61 Å². The van der Waals surface area contributed by atoms with Crippen molar-refractivity contribution < 1.29 is 4.74 Å². The fourth-order valence-electron chi connectivity index (χ4n) is 6.26. The van der Waals surface area contributed by atoms with Crippen molar-refractivity contribution in [3.05, 3.63) is 29.8 Å². The molecule has 1 aromatic carbocycles. The highest BCUT2D eigenvalue weighted by atomic mass is 16.5. The number of benzene rings is 1. The quantitative estimate of drug-likeness (QED) is 0.485. The van der Waals surface area contributed by atoms with Crippen LogP contribution >= 0.6 is 0 Å². The average molecular weight is 379 g/mol. The predicted molar refractivity (Wildman–Crippen MR) is 117 cm³/mol. The molecule has 0 aromatic heterocycles. The van der Waals surface area contributed by atoms with Crippen LogP contribution in [0.1, 0.15) is 96.5 Å². The van der Waals surface area contributed by atoms with Crippen molar-refractivity contribution in [3.8, 4) is 17.6 Å². The largest absolute Gasteiger partial charge is 0.494 e. The molecule has 4 fully saturated rings. The van der Waals surface area contributed by atoms with Gasteiger partial charge in [-0.3, -0.25) is 0 Å². The van der Waals surface area contributed by atoms with Gasteiger partial charge >= 0.3 is 0 Å². The summed E-state index contributed by atoms with van der Waals surface area (Å²) in [6, 6.07) is 8.38. The second-order valence-electron chi connectivity index (χ2n) is 9.89. The molecule has 2 bridgehead atoms. The molecule has 28 heavy (non-hydrogen) atoms. The van der Waals surface area contributed by atoms with E-state index in [2.05, 4.69) is 50.0 Å². The Morgan fingerprint density at radius 1 is 0.893 bits per heavy atom. The normalized spacial score (nSPS) is 34.5. The van der Waals surface area contributed by atoms with E-state index in [4.69, 9.17) is 4.74 Å². The van der Waals surface area contributed by atoms with Crippen LogP contribution in [0, 0.1) is 34.5 Å². The van der Waals surface area contributed by atoms with Crippen LogP contribution in [0.4, 0.5) is 0 Å². The van der Waals surface area contributed by atoms with Gasteiger partial charge in [-0.25, -0.2) is 0 Å². The van der Waals surface area contributed by atoms with Crippen molar-refractivity contribution in [1.82, 2.24) is 0 Å². The van der Waals surface area contributed by atoms with Crippen LogP contribution in [0.3, 0.4) is 0 Å². The molecule has 0 amide bonds. The third kappa shape index (κ3) is 4.12. The molecule has 1 aromatic rings. The van der Waals surface area contributed by atoms with Crippen LogP contribution < -0.4 is 4.74 Å². The third-order valence-corrected chi connectivity index (χ3v) is 8.39. The summed E-state index contributed by atoms with van der Waals surface area (Å²) in [6.45, 7) is 5.30. The maximum absolute atomic E-state index is 5.69. The van der Waals surface area contributed by atoms with Crippen LogP contribution in [0.2, 0.25) is 0 Å². The highest BCUT2D eigenvalue weighted by Crippen LogP contribution is 2.62. The monoisotopic (exact) mass is 378 g/mol. The fourth-order valence-corrected chi connectivity index (χ4v) is 6.26. The maximum Gasteiger partial charge on any atom is 0.119 e. The summed E-state index contributed by atoms with van der Waals surface area (Å²) in [5.74, 6) is 10.3. The Morgan fingerprint density at radius 2 is 1.54 bits per heavy atom. The number of ether oxygens (including phenoxy) is 1. The van der Waals surface area contributed by atoms with Crippen molar-refractivity contribution in [3.63, 3.8) is 0 Å². The Balaban J connectivity index is 1.36. The second kappa shape index (κ2) is 8.52. The van der Waals surface area contributed by atoms with E-state index < -0.39 is 0 Å². The molecule has 4 saturated carbocycles. The molecule has 5 rings (SSSR count). The first-order valence-electron chi connectivity index (χ1n) is 11.9. The van der Waals surface area contributed by atoms with Gasteiger partial charge in [0.25, 0.3) is 0 Å². The SMILES string of the molecule is CCCOc1ccc(C#CC23CCC(C4CCC(CC)CC4)(CC2)CC3)cc1. The van der Waals surface area contributed by atoms with Gasteiger partial charge in [0.2, 0.25) is 0 Å². The number of rotatable bonds is 5. The van der Waals surface area contributed by atoms with E-state index in [1.165, 1.54) is 70.6 Å². The first-order chi connectivity index (χ1) is 13.7. The summed E-state index contributed by atoms with van der Waals surface area (Å²) < 4.78 is 5.69. The standard InChI is InChI=1S/C27H38O/c1-3-21-28-25-11-7-23(8-12-25)13-14-26-15-18-27(19-16-26,20-17-26)24-9-5-22(4-2)6-10-24/h7-8,11-12,22,24H,3-6,9-10,15-21H2,1-2H3. The summed E-state index contributed by atoms with van der Waals surface area (Å²) in [7, 11) is 0. The first-order valence-corrected chi connectivity index (χ1v) is 11.9. The van der Waals surface area contributed by atoms with Crippen LogP contribution in [-0.4, -0.2) is 6.61 Å². The third-order valence-electron chi connectivity index (χ3n) is 8.39. The second-order valence-corrected chi connectivity index (χ2v) is 9.89. The number of fused-ring (bicyclic) bond motifs is 3. The van der Waals surface area contributed by atoms with Crippen molar-refractivity contribution in [2.24, 2.45) is 22.7 Å². The Kier molecular flexibility index (Phi) is 6.05. The number of hydrogen-bond acceptors (Lipinski definition) is 1. The molecule has 4 aliphatic rings. The van der Waals surface area contributed by atoms with Crippen molar-refractivity contribution in [2.45, 2.75) is 90.9 Å². The minimum absolute atomic E-state index is 0.305. The van der Waals surface area contributed by atoms with Gasteiger partial charge in [-0.2, -0.15) is 0 Å². The molecule has 0 N–H and O–H groups in total. The zero-order chi connectivity index (χ0) is 19.5. The minimum Gasteiger partial charge on any atom is -0.494 e. The molecule has 1 nitrogen and oxygen atoms in total. The summed E-state index contributed by atoms with van der Waals surface area (Å²) in [5.41, 5.74) is 2.12. The van der Waals surface area contributed by atoms with Crippen molar-refractivity contribution >= 4 is 0 Å². The van der Waals surface area contributed by atoms with Gasteiger partial charge < -0.3 is 4.74 Å². The van der Waals surface area contributed by atoms with Gasteiger partial charge in [0.15, 0.2) is 0 Å². The average Bonchev–Trinajstić information content (AvgIpc) is 2.78. The fraction of sp³-hybridized carbons (Fsp3) is 0.704. The topological polar surface area (TPSA) is 9.23 Å². The molecule has 0 spiro atoms. The molecule has 0 radical (unpaired) electrons. The molecule has 0 atom stereocenters. The Morgan fingerprint density at radius 3 is 2.11 bits per heavy atom. The lowest BCUT2D eigenvalue weighted by atomic mass is 9.48. The van der Waals surface area contributed by atoms with E-state index in [9.17, 15) is 0 Å². The van der Waals surface area contributed by atoms with E-state index in [0.29, 0.717) is 10.8 Å². The van der Waals surface area contributed by atoms with Crippen LogP contribution in [0.25, 0.3) is 0 Å². The van der Waals surface area contributed by atoms with E-state index in [-0.39, 0.29) is 0 Å². The van der Waals surface area contributed by atoms with Gasteiger partial charge in [-0.1, -0.05) is 45.0 Å². The molecule has 0 unspecified atom stereocenters. The van der Waals surface area contributed by atoms with Crippen LogP contribution in [-0.2, 0) is 0 Å². The lowest BCUT2D eigenvalue weighted by Crippen LogP contribution is -2.45. The maximum atomic E-state index is 5.69. The highest BCUT2D eigenvalue weighted by molar-refractivity contribution is 5.39. The molecular formula is C27H38O. The molecule has 152 valence electrons. The van der Waals surface area contributed by atoms with E-state index in [0.717, 1.165) is 36.2 Å². The Bertz CT molecular complexity index is 671. The lowest BCUT2D eigenvalue weighted by molar-refractivity contribution is -0.0376. The smallest absolute Gasteiger partial charge is 0.119 e. The lowest BCUT2D eigenvalue weighted by Gasteiger charge is -2.56. The Labute approximate surface area is 172 Å².